The number of sulfonamides is 1. The summed E-state index contributed by atoms with van der Waals surface area (Å²) < 4.78 is 80.6. The van der Waals surface area contributed by atoms with Gasteiger partial charge in [0.15, 0.2) is 0 Å². The molecule has 1 fully saturated rings. The van der Waals surface area contributed by atoms with Crippen molar-refractivity contribution in [2.75, 3.05) is 31.0 Å². The normalized spacial score (nSPS) is 16.0. The van der Waals surface area contributed by atoms with Crippen LogP contribution >= 0.6 is 0 Å². The van der Waals surface area contributed by atoms with Crippen LogP contribution in [0.4, 0.5) is 23.8 Å². The lowest BCUT2D eigenvalue weighted by Crippen LogP contribution is -2.50. The van der Waals surface area contributed by atoms with E-state index in [0.29, 0.717) is 18.3 Å². The van der Waals surface area contributed by atoms with Crippen LogP contribution in [0.1, 0.15) is 36.7 Å². The predicted octanol–water partition coefficient (Wildman–Crippen LogP) is 4.31. The van der Waals surface area contributed by atoms with Gasteiger partial charge in [-0.15, -0.1) is 0 Å². The molecule has 1 aliphatic rings. The quantitative estimate of drug-likeness (QED) is 0.335. The summed E-state index contributed by atoms with van der Waals surface area (Å²) >= 11 is 0. The minimum absolute atomic E-state index is 0.211. The summed E-state index contributed by atoms with van der Waals surface area (Å²) in [6.45, 7) is 5.76. The first-order valence-electron chi connectivity index (χ1n) is 13.1. The van der Waals surface area contributed by atoms with Crippen LogP contribution in [0.15, 0.2) is 59.8 Å². The van der Waals surface area contributed by atoms with Gasteiger partial charge in [0.25, 0.3) is 16.5 Å². The number of pyridine rings is 2. The molecule has 0 saturated carbocycles. The number of amides is 1. The number of anilines is 1. The van der Waals surface area contributed by atoms with E-state index >= 15 is 0 Å². The Hall–Kier alpha value is -4.24. The minimum Gasteiger partial charge on any atom is -0.458 e. The van der Waals surface area contributed by atoms with Crippen molar-refractivity contribution in [3.8, 4) is 11.1 Å². The maximum Gasteiger partial charge on any atom is 0.418 e. The predicted molar refractivity (Wildman–Crippen MR) is 149 cm³/mol. The summed E-state index contributed by atoms with van der Waals surface area (Å²) in [5, 5.41) is 3.13. The standard InChI is InChI=1S/C28H30F3N5O6S/c1-18-6-4-5-7-20(18)21-13-25(34-14-22(21)28(29,30)31)35-43(39,40)19-8-9-33-23(12-19)24-15-32-10-11-36(24)26(38)41-16-27(2,3)42-17-37/h4-9,12-14,17,24,32H,10-11,15-16H2,1-3H3,(H,34,35)/t24-/m1/s1. The fraction of sp³-hybridized carbons (Fsp3) is 0.357. The van der Waals surface area contributed by atoms with Crippen molar-refractivity contribution in [3.63, 3.8) is 0 Å². The number of aromatic nitrogens is 2. The van der Waals surface area contributed by atoms with Crippen molar-refractivity contribution in [3.05, 3.63) is 71.7 Å². The second kappa shape index (κ2) is 12.6. The van der Waals surface area contributed by atoms with E-state index in [1.54, 1.807) is 39.0 Å². The van der Waals surface area contributed by atoms with E-state index < -0.39 is 39.5 Å². The Balaban J connectivity index is 1.60. The van der Waals surface area contributed by atoms with Crippen LogP contribution in [0.2, 0.25) is 0 Å². The van der Waals surface area contributed by atoms with Crippen molar-refractivity contribution >= 4 is 28.4 Å². The zero-order valence-electron chi connectivity index (χ0n) is 23.5. The van der Waals surface area contributed by atoms with Gasteiger partial charge in [0.2, 0.25) is 0 Å². The number of hydrogen-bond acceptors (Lipinski definition) is 9. The third-order valence-corrected chi connectivity index (χ3v) is 8.03. The number of alkyl halides is 3. The van der Waals surface area contributed by atoms with Crippen molar-refractivity contribution < 1.29 is 40.7 Å². The van der Waals surface area contributed by atoms with Gasteiger partial charge in [0, 0.05) is 32.0 Å². The molecule has 3 aromatic rings. The minimum atomic E-state index is -4.72. The fourth-order valence-corrected chi connectivity index (χ4v) is 5.50. The molecular formula is C28H30F3N5O6S. The van der Waals surface area contributed by atoms with E-state index in [4.69, 9.17) is 9.47 Å². The SMILES string of the molecule is Cc1ccccc1-c1cc(NS(=O)(=O)c2ccnc([C@H]3CNCCN3C(=O)OCC(C)(C)OC=O)c2)ncc1C(F)(F)F. The van der Waals surface area contributed by atoms with Crippen molar-refractivity contribution in [2.24, 2.45) is 0 Å². The molecule has 0 unspecified atom stereocenters. The van der Waals surface area contributed by atoms with Gasteiger partial charge in [0.05, 0.1) is 22.2 Å². The molecule has 2 aromatic heterocycles. The van der Waals surface area contributed by atoms with Crippen LogP contribution in [0.5, 0.6) is 0 Å². The molecule has 3 heterocycles. The van der Waals surface area contributed by atoms with Gasteiger partial charge < -0.3 is 14.8 Å². The zero-order valence-corrected chi connectivity index (χ0v) is 24.3. The Labute approximate surface area is 246 Å². The summed E-state index contributed by atoms with van der Waals surface area (Å²) in [6.07, 6.45) is -3.58. The molecule has 4 rings (SSSR count). The molecule has 0 aliphatic carbocycles. The molecule has 43 heavy (non-hydrogen) atoms. The van der Waals surface area contributed by atoms with E-state index in [1.807, 2.05) is 0 Å². The Morgan fingerprint density at radius 1 is 1.16 bits per heavy atom. The lowest BCUT2D eigenvalue weighted by molar-refractivity contribution is -0.144. The second-order valence-electron chi connectivity index (χ2n) is 10.4. The molecule has 15 heteroatoms. The van der Waals surface area contributed by atoms with Crippen LogP contribution in [0.25, 0.3) is 11.1 Å². The highest BCUT2D eigenvalue weighted by atomic mass is 32.2. The van der Waals surface area contributed by atoms with Crippen LogP contribution in [-0.2, 0) is 30.5 Å². The van der Waals surface area contributed by atoms with Gasteiger partial charge in [-0.25, -0.2) is 18.2 Å². The van der Waals surface area contributed by atoms with Gasteiger partial charge in [-0.3, -0.25) is 19.4 Å². The van der Waals surface area contributed by atoms with Crippen LogP contribution in [0, 0.1) is 6.92 Å². The first-order valence-corrected chi connectivity index (χ1v) is 14.6. The highest BCUT2D eigenvalue weighted by molar-refractivity contribution is 7.92. The number of aryl methyl sites for hydroxylation is 1. The van der Waals surface area contributed by atoms with Crippen molar-refractivity contribution in [1.29, 1.82) is 0 Å². The molecule has 11 nitrogen and oxygen atoms in total. The van der Waals surface area contributed by atoms with Crippen molar-refractivity contribution in [1.82, 2.24) is 20.2 Å². The zero-order chi connectivity index (χ0) is 31.4. The van der Waals surface area contributed by atoms with E-state index in [9.17, 15) is 31.2 Å². The molecule has 1 saturated heterocycles. The number of carbonyl (C=O) groups is 2. The van der Waals surface area contributed by atoms with Gasteiger partial charge in [-0.05, 0) is 55.7 Å². The second-order valence-corrected chi connectivity index (χ2v) is 12.1. The highest BCUT2D eigenvalue weighted by Crippen LogP contribution is 2.39. The van der Waals surface area contributed by atoms with E-state index in [0.717, 1.165) is 6.07 Å². The smallest absolute Gasteiger partial charge is 0.418 e. The maximum atomic E-state index is 13.8. The Morgan fingerprint density at radius 3 is 2.60 bits per heavy atom. The number of benzene rings is 1. The molecule has 0 bridgehead atoms. The molecule has 1 atom stereocenters. The molecule has 0 radical (unpaired) electrons. The van der Waals surface area contributed by atoms with Crippen LogP contribution in [0.3, 0.4) is 0 Å². The molecule has 1 aromatic carbocycles. The monoisotopic (exact) mass is 621 g/mol. The highest BCUT2D eigenvalue weighted by Gasteiger charge is 2.36. The number of piperazine rings is 1. The third kappa shape index (κ3) is 7.59. The number of hydrogen-bond donors (Lipinski definition) is 2. The van der Waals surface area contributed by atoms with Crippen molar-refractivity contribution in [2.45, 2.75) is 43.5 Å². The number of nitrogens with one attached hydrogen (secondary N) is 2. The van der Waals surface area contributed by atoms with Gasteiger partial charge in [-0.2, -0.15) is 13.2 Å². The summed E-state index contributed by atoms with van der Waals surface area (Å²) in [5.74, 6) is -0.311. The first-order chi connectivity index (χ1) is 20.2. The number of rotatable bonds is 9. The average Bonchev–Trinajstić information content (AvgIpc) is 2.95. The average molecular weight is 622 g/mol. The summed E-state index contributed by atoms with van der Waals surface area (Å²) in [6, 6.07) is 9.26. The molecule has 0 spiro atoms. The third-order valence-electron chi connectivity index (χ3n) is 6.68. The Morgan fingerprint density at radius 2 is 1.91 bits per heavy atom. The lowest BCUT2D eigenvalue weighted by Gasteiger charge is -2.35. The van der Waals surface area contributed by atoms with Gasteiger partial charge >= 0.3 is 12.3 Å². The first kappa shape index (κ1) is 31.7. The van der Waals surface area contributed by atoms with Crippen LogP contribution in [-0.4, -0.2) is 67.7 Å². The molecule has 1 aliphatic heterocycles. The summed E-state index contributed by atoms with van der Waals surface area (Å²) in [5.41, 5.74) is -1.20. The van der Waals surface area contributed by atoms with Crippen LogP contribution < -0.4 is 10.0 Å². The maximum absolute atomic E-state index is 13.8. The van der Waals surface area contributed by atoms with E-state index in [2.05, 4.69) is 20.0 Å². The molecule has 2 N–H and O–H groups in total. The largest absolute Gasteiger partial charge is 0.458 e. The molecule has 1 amide bonds. The summed E-state index contributed by atoms with van der Waals surface area (Å²) in [4.78, 5) is 32.7. The van der Waals surface area contributed by atoms with E-state index in [-0.39, 0.29) is 53.7 Å². The fourth-order valence-electron chi connectivity index (χ4n) is 4.48. The lowest BCUT2D eigenvalue weighted by atomic mass is 9.97. The number of halogens is 3. The topological polar surface area (TPSA) is 140 Å². The van der Waals surface area contributed by atoms with E-state index in [1.165, 1.54) is 29.3 Å². The summed E-state index contributed by atoms with van der Waals surface area (Å²) in [7, 11) is -4.34. The van der Waals surface area contributed by atoms with Gasteiger partial charge in [0.1, 0.15) is 18.0 Å². The van der Waals surface area contributed by atoms with Gasteiger partial charge in [-0.1, -0.05) is 24.3 Å². The number of nitrogens with zero attached hydrogens (tertiary/aromatic N) is 3. The molecular weight excluding hydrogens is 591 g/mol. The number of carbonyl (C=O) groups excluding carboxylic acids is 2. The Kier molecular flexibility index (Phi) is 9.25. The molecule has 230 valence electrons. The Bertz CT molecular complexity index is 1600. The number of ether oxygens (including phenoxy) is 2.